The summed E-state index contributed by atoms with van der Waals surface area (Å²) in [5, 5.41) is 14.1. The van der Waals surface area contributed by atoms with E-state index in [1.54, 1.807) is 6.07 Å². The summed E-state index contributed by atoms with van der Waals surface area (Å²) in [6.07, 6.45) is 0. The Morgan fingerprint density at radius 2 is 2.05 bits per heavy atom. The fourth-order valence-corrected chi connectivity index (χ4v) is 1.93. The molecule has 5 heteroatoms. The van der Waals surface area contributed by atoms with E-state index in [0.29, 0.717) is 11.5 Å². The van der Waals surface area contributed by atoms with E-state index in [9.17, 15) is 10.1 Å². The van der Waals surface area contributed by atoms with Gasteiger partial charge in [-0.05, 0) is 42.8 Å². The molecule has 2 rings (SSSR count). The minimum Gasteiger partial charge on any atom is -0.457 e. The smallest absolute Gasteiger partial charge is 0.273 e. The summed E-state index contributed by atoms with van der Waals surface area (Å²) in [5.74, 6) is 1.18. The van der Waals surface area contributed by atoms with Gasteiger partial charge in [0.15, 0.2) is 0 Å². The second-order valence-electron chi connectivity index (χ2n) is 4.74. The molecule has 0 saturated carbocycles. The Balaban J connectivity index is 2.21. The molecule has 0 spiro atoms. The van der Waals surface area contributed by atoms with Crippen molar-refractivity contribution < 1.29 is 9.66 Å². The zero-order valence-electron chi connectivity index (χ0n) is 12.1. The quantitative estimate of drug-likeness (QED) is 0.648. The number of benzene rings is 2. The molecule has 1 N–H and O–H groups in total. The van der Waals surface area contributed by atoms with Crippen LogP contribution in [0.4, 0.5) is 5.69 Å². The van der Waals surface area contributed by atoms with Crippen LogP contribution in [0.1, 0.15) is 18.1 Å². The second-order valence-corrected chi connectivity index (χ2v) is 4.74. The monoisotopic (exact) mass is 286 g/mol. The van der Waals surface area contributed by atoms with Crippen molar-refractivity contribution in [2.75, 3.05) is 6.54 Å². The number of hydrogen-bond acceptors (Lipinski definition) is 4. The lowest BCUT2D eigenvalue weighted by Gasteiger charge is -2.10. The molecule has 0 heterocycles. The molecule has 0 unspecified atom stereocenters. The number of non-ortho nitro benzene ring substituents is 1. The van der Waals surface area contributed by atoms with Crippen molar-refractivity contribution in [2.24, 2.45) is 0 Å². The molecule has 0 aromatic heterocycles. The fraction of sp³-hybridized carbons (Fsp3) is 0.250. The molecule has 0 bridgehead atoms. The predicted molar refractivity (Wildman–Crippen MR) is 81.7 cm³/mol. The van der Waals surface area contributed by atoms with Crippen molar-refractivity contribution >= 4 is 5.69 Å². The van der Waals surface area contributed by atoms with Gasteiger partial charge in [-0.2, -0.15) is 0 Å². The summed E-state index contributed by atoms with van der Waals surface area (Å²) in [6.45, 7) is 5.57. The predicted octanol–water partition coefficient (Wildman–Crippen LogP) is 3.81. The van der Waals surface area contributed by atoms with Crippen LogP contribution >= 0.6 is 0 Å². The van der Waals surface area contributed by atoms with Gasteiger partial charge in [-0.15, -0.1) is 0 Å². The molecule has 0 aliphatic carbocycles. The van der Waals surface area contributed by atoms with E-state index in [1.165, 1.54) is 12.1 Å². The van der Waals surface area contributed by atoms with Gasteiger partial charge in [-0.25, -0.2) is 0 Å². The van der Waals surface area contributed by atoms with Crippen LogP contribution in [0.2, 0.25) is 0 Å². The Bertz CT molecular complexity index is 641. The number of nitro benzene ring substituents is 1. The molecule has 0 saturated heterocycles. The molecule has 2 aromatic carbocycles. The van der Waals surface area contributed by atoms with Gasteiger partial charge < -0.3 is 10.1 Å². The Kier molecular flexibility index (Phi) is 4.90. The van der Waals surface area contributed by atoms with Crippen molar-refractivity contribution in [3.05, 3.63) is 63.7 Å². The highest BCUT2D eigenvalue weighted by Gasteiger charge is 2.10. The Labute approximate surface area is 123 Å². The van der Waals surface area contributed by atoms with Crippen LogP contribution in [0, 0.1) is 17.0 Å². The molecular formula is C16H18N2O3. The van der Waals surface area contributed by atoms with Gasteiger partial charge in [0.1, 0.15) is 11.5 Å². The largest absolute Gasteiger partial charge is 0.457 e. The first kappa shape index (κ1) is 15.0. The first-order valence-electron chi connectivity index (χ1n) is 6.82. The normalized spacial score (nSPS) is 10.4. The number of hydrogen-bond donors (Lipinski definition) is 1. The van der Waals surface area contributed by atoms with Crippen molar-refractivity contribution in [1.29, 1.82) is 0 Å². The molecule has 5 nitrogen and oxygen atoms in total. The Hall–Kier alpha value is -2.40. The number of nitro groups is 1. The molecular weight excluding hydrogens is 268 g/mol. The van der Waals surface area contributed by atoms with E-state index in [1.807, 2.05) is 38.1 Å². The maximum absolute atomic E-state index is 10.8. The van der Waals surface area contributed by atoms with Crippen LogP contribution in [0.15, 0.2) is 42.5 Å². The average Bonchev–Trinajstić information content (AvgIpc) is 2.47. The zero-order chi connectivity index (χ0) is 15.2. The third-order valence-electron chi connectivity index (χ3n) is 3.09. The molecule has 0 aliphatic heterocycles. The molecule has 0 radical (unpaired) electrons. The molecule has 0 atom stereocenters. The van der Waals surface area contributed by atoms with Gasteiger partial charge in [0.25, 0.3) is 5.69 Å². The van der Waals surface area contributed by atoms with E-state index in [2.05, 4.69) is 5.32 Å². The minimum atomic E-state index is -0.423. The van der Waals surface area contributed by atoms with Crippen LogP contribution < -0.4 is 10.1 Å². The topological polar surface area (TPSA) is 64.4 Å². The van der Waals surface area contributed by atoms with E-state index >= 15 is 0 Å². The van der Waals surface area contributed by atoms with Crippen molar-refractivity contribution in [2.45, 2.75) is 20.4 Å². The van der Waals surface area contributed by atoms with Crippen molar-refractivity contribution in [3.8, 4) is 11.5 Å². The van der Waals surface area contributed by atoms with Crippen LogP contribution in [0.25, 0.3) is 0 Å². The van der Waals surface area contributed by atoms with E-state index in [-0.39, 0.29) is 5.69 Å². The molecule has 0 fully saturated rings. The Morgan fingerprint density at radius 1 is 1.24 bits per heavy atom. The maximum Gasteiger partial charge on any atom is 0.273 e. The van der Waals surface area contributed by atoms with Gasteiger partial charge in [0, 0.05) is 12.6 Å². The zero-order valence-corrected chi connectivity index (χ0v) is 12.1. The van der Waals surface area contributed by atoms with E-state index in [4.69, 9.17) is 4.74 Å². The third kappa shape index (κ3) is 4.03. The highest BCUT2D eigenvalue weighted by molar-refractivity contribution is 5.46. The van der Waals surface area contributed by atoms with E-state index < -0.39 is 4.92 Å². The lowest BCUT2D eigenvalue weighted by molar-refractivity contribution is -0.384. The summed E-state index contributed by atoms with van der Waals surface area (Å²) in [4.78, 5) is 10.4. The SMILES string of the molecule is CCNCc1cccc(Oc2cc([N+](=O)[O-])ccc2C)c1. The summed E-state index contributed by atoms with van der Waals surface area (Å²) in [6, 6.07) is 12.3. The van der Waals surface area contributed by atoms with Gasteiger partial charge in [0.05, 0.1) is 11.0 Å². The van der Waals surface area contributed by atoms with Crippen LogP contribution in [0.3, 0.4) is 0 Å². The number of ether oxygens (including phenoxy) is 1. The summed E-state index contributed by atoms with van der Waals surface area (Å²) in [7, 11) is 0. The third-order valence-corrected chi connectivity index (χ3v) is 3.09. The summed E-state index contributed by atoms with van der Waals surface area (Å²) in [5.41, 5.74) is 1.99. The van der Waals surface area contributed by atoms with Gasteiger partial charge in [-0.1, -0.05) is 19.1 Å². The molecule has 0 amide bonds. The first-order valence-corrected chi connectivity index (χ1v) is 6.82. The van der Waals surface area contributed by atoms with Crippen LogP contribution in [-0.4, -0.2) is 11.5 Å². The summed E-state index contributed by atoms with van der Waals surface area (Å²) >= 11 is 0. The lowest BCUT2D eigenvalue weighted by atomic mass is 10.2. The maximum atomic E-state index is 10.8. The number of nitrogens with one attached hydrogen (secondary N) is 1. The molecule has 110 valence electrons. The Morgan fingerprint density at radius 3 is 2.76 bits per heavy atom. The number of rotatable bonds is 6. The van der Waals surface area contributed by atoms with Gasteiger partial charge in [-0.3, -0.25) is 10.1 Å². The first-order chi connectivity index (χ1) is 10.1. The van der Waals surface area contributed by atoms with Gasteiger partial charge in [0.2, 0.25) is 0 Å². The standard InChI is InChI=1S/C16H18N2O3/c1-3-17-11-13-5-4-6-15(9-13)21-16-10-14(18(19)20)8-7-12(16)2/h4-10,17H,3,11H2,1-2H3. The highest BCUT2D eigenvalue weighted by Crippen LogP contribution is 2.29. The average molecular weight is 286 g/mol. The molecule has 21 heavy (non-hydrogen) atoms. The van der Waals surface area contributed by atoms with Crippen molar-refractivity contribution in [1.82, 2.24) is 5.32 Å². The van der Waals surface area contributed by atoms with Crippen LogP contribution in [-0.2, 0) is 6.54 Å². The van der Waals surface area contributed by atoms with Crippen LogP contribution in [0.5, 0.6) is 11.5 Å². The second kappa shape index (κ2) is 6.85. The summed E-state index contributed by atoms with van der Waals surface area (Å²) < 4.78 is 5.79. The fourth-order valence-electron chi connectivity index (χ4n) is 1.93. The lowest BCUT2D eigenvalue weighted by Crippen LogP contribution is -2.11. The van der Waals surface area contributed by atoms with E-state index in [0.717, 1.165) is 24.2 Å². The molecule has 2 aromatic rings. The highest BCUT2D eigenvalue weighted by atomic mass is 16.6. The van der Waals surface area contributed by atoms with Crippen molar-refractivity contribution in [3.63, 3.8) is 0 Å². The number of aryl methyl sites for hydroxylation is 1. The molecule has 0 aliphatic rings. The number of nitrogens with zero attached hydrogens (tertiary/aromatic N) is 1. The van der Waals surface area contributed by atoms with Gasteiger partial charge >= 0.3 is 0 Å². The minimum absolute atomic E-state index is 0.0272.